The van der Waals surface area contributed by atoms with Crippen molar-refractivity contribution in [2.24, 2.45) is 0 Å². The van der Waals surface area contributed by atoms with E-state index < -0.39 is 0 Å². The monoisotopic (exact) mass is 327 g/mol. The van der Waals surface area contributed by atoms with Gasteiger partial charge in [0.25, 0.3) is 0 Å². The first-order valence-corrected chi connectivity index (χ1v) is 7.93. The highest BCUT2D eigenvalue weighted by Gasteiger charge is 2.23. The van der Waals surface area contributed by atoms with Crippen LogP contribution in [0.15, 0.2) is 18.2 Å². The van der Waals surface area contributed by atoms with Crippen molar-refractivity contribution in [1.29, 1.82) is 0 Å². The summed E-state index contributed by atoms with van der Waals surface area (Å²) in [7, 11) is 4.16. The highest BCUT2D eigenvalue weighted by atomic mass is 35.5. The van der Waals surface area contributed by atoms with Crippen LogP contribution in [0.25, 0.3) is 0 Å². The molecule has 1 N–H and O–H groups in total. The fourth-order valence-corrected chi connectivity index (χ4v) is 2.94. The van der Waals surface area contributed by atoms with Crippen LogP contribution in [0.5, 0.6) is 0 Å². The summed E-state index contributed by atoms with van der Waals surface area (Å²) in [5.74, 6) is -0.476. The molecular weight excluding hydrogens is 305 g/mol. The maximum absolute atomic E-state index is 13.6. The Bertz CT molecular complexity index is 506. The lowest BCUT2D eigenvalue weighted by atomic mass is 10.2. The molecule has 1 aromatic rings. The Kier molecular flexibility index (Phi) is 6.17. The van der Waals surface area contributed by atoms with Gasteiger partial charge in [-0.25, -0.2) is 4.39 Å². The minimum absolute atomic E-state index is 0.0856. The largest absolute Gasteiger partial charge is 0.352 e. The lowest BCUT2D eigenvalue weighted by molar-refractivity contribution is -0.121. The minimum atomic E-state index is -0.390. The van der Waals surface area contributed by atoms with Crippen LogP contribution >= 0.6 is 11.6 Å². The molecule has 0 spiro atoms. The standard InChI is InChI=1S/C16H23ClFN3O/c1-20-8-6-12(11-20)21(2)9-7-16(22)19-10-13-14(17)4-3-5-15(13)18/h3-5,12H,6-11H2,1-2H3,(H,19,22). The van der Waals surface area contributed by atoms with Gasteiger partial charge in [-0.1, -0.05) is 17.7 Å². The number of nitrogens with one attached hydrogen (secondary N) is 1. The molecule has 1 aliphatic rings. The Hall–Kier alpha value is -1.17. The van der Waals surface area contributed by atoms with Crippen LogP contribution in [0, 0.1) is 5.82 Å². The summed E-state index contributed by atoms with van der Waals surface area (Å²) in [5, 5.41) is 3.07. The number of halogens is 2. The maximum atomic E-state index is 13.6. The zero-order valence-electron chi connectivity index (χ0n) is 13.1. The van der Waals surface area contributed by atoms with Crippen molar-refractivity contribution in [3.63, 3.8) is 0 Å². The molecule has 6 heteroatoms. The van der Waals surface area contributed by atoms with E-state index in [4.69, 9.17) is 11.6 Å². The van der Waals surface area contributed by atoms with Crippen molar-refractivity contribution in [2.45, 2.75) is 25.4 Å². The molecule has 0 aromatic heterocycles. The van der Waals surface area contributed by atoms with Crippen molar-refractivity contribution in [2.75, 3.05) is 33.7 Å². The van der Waals surface area contributed by atoms with E-state index in [2.05, 4.69) is 22.2 Å². The molecule has 0 aliphatic carbocycles. The third-order valence-corrected chi connectivity index (χ3v) is 4.56. The predicted molar refractivity (Wildman–Crippen MR) is 86.4 cm³/mol. The van der Waals surface area contributed by atoms with Gasteiger partial charge in [-0.15, -0.1) is 0 Å². The number of hydrogen-bond acceptors (Lipinski definition) is 3. The van der Waals surface area contributed by atoms with Gasteiger partial charge in [0.05, 0.1) is 0 Å². The summed E-state index contributed by atoms with van der Waals surface area (Å²) >= 11 is 5.94. The molecule has 4 nitrogen and oxygen atoms in total. The molecule has 1 aliphatic heterocycles. The number of likely N-dealkylation sites (tertiary alicyclic amines) is 1. The van der Waals surface area contributed by atoms with E-state index >= 15 is 0 Å². The van der Waals surface area contributed by atoms with E-state index in [-0.39, 0.29) is 18.3 Å². The third kappa shape index (κ3) is 4.66. The van der Waals surface area contributed by atoms with Crippen LogP contribution in [0.4, 0.5) is 4.39 Å². The maximum Gasteiger partial charge on any atom is 0.221 e. The van der Waals surface area contributed by atoms with E-state index in [9.17, 15) is 9.18 Å². The minimum Gasteiger partial charge on any atom is -0.352 e. The molecule has 122 valence electrons. The summed E-state index contributed by atoms with van der Waals surface area (Å²) in [6, 6.07) is 5.03. The summed E-state index contributed by atoms with van der Waals surface area (Å²) < 4.78 is 13.6. The Morgan fingerprint density at radius 2 is 2.32 bits per heavy atom. The number of rotatable bonds is 6. The first-order valence-electron chi connectivity index (χ1n) is 7.55. The van der Waals surface area contributed by atoms with Crippen molar-refractivity contribution in [3.8, 4) is 0 Å². The molecule has 1 unspecified atom stereocenters. The van der Waals surface area contributed by atoms with E-state index in [0.29, 0.717) is 29.6 Å². The van der Waals surface area contributed by atoms with E-state index in [0.717, 1.165) is 19.5 Å². The molecule has 0 saturated carbocycles. The second kappa shape index (κ2) is 7.90. The normalized spacial score (nSPS) is 18.9. The topological polar surface area (TPSA) is 35.6 Å². The average molecular weight is 328 g/mol. The zero-order chi connectivity index (χ0) is 16.1. The SMILES string of the molecule is CN1CCC(N(C)CCC(=O)NCc2c(F)cccc2Cl)C1. The smallest absolute Gasteiger partial charge is 0.221 e. The van der Waals surface area contributed by atoms with Gasteiger partial charge in [-0.2, -0.15) is 0 Å². The van der Waals surface area contributed by atoms with Gasteiger partial charge >= 0.3 is 0 Å². The van der Waals surface area contributed by atoms with Crippen LogP contribution in [-0.2, 0) is 11.3 Å². The second-order valence-electron chi connectivity index (χ2n) is 5.91. The Morgan fingerprint density at radius 3 is 2.95 bits per heavy atom. The van der Waals surface area contributed by atoms with Gasteiger partial charge in [0.1, 0.15) is 5.82 Å². The summed E-state index contributed by atoms with van der Waals surface area (Å²) in [5.41, 5.74) is 0.336. The fraction of sp³-hybridized carbons (Fsp3) is 0.562. The van der Waals surface area contributed by atoms with Gasteiger partial charge in [0.2, 0.25) is 5.91 Å². The number of nitrogens with zero attached hydrogens (tertiary/aromatic N) is 2. The van der Waals surface area contributed by atoms with Gasteiger partial charge < -0.3 is 15.1 Å². The number of amides is 1. The number of carbonyl (C=O) groups is 1. The molecule has 1 aromatic carbocycles. The predicted octanol–water partition coefficient (Wildman–Crippen LogP) is 2.12. The van der Waals surface area contributed by atoms with Gasteiger partial charge in [0, 0.05) is 42.7 Å². The van der Waals surface area contributed by atoms with Crippen molar-refractivity contribution < 1.29 is 9.18 Å². The van der Waals surface area contributed by atoms with Crippen LogP contribution < -0.4 is 5.32 Å². The quantitative estimate of drug-likeness (QED) is 0.869. The number of likely N-dealkylation sites (N-methyl/N-ethyl adjacent to an activating group) is 2. The molecule has 1 saturated heterocycles. The third-order valence-electron chi connectivity index (χ3n) is 4.21. The molecule has 2 rings (SSSR count). The number of hydrogen-bond donors (Lipinski definition) is 1. The van der Waals surface area contributed by atoms with Crippen molar-refractivity contribution in [3.05, 3.63) is 34.6 Å². The molecule has 1 atom stereocenters. The van der Waals surface area contributed by atoms with Crippen LogP contribution in [0.3, 0.4) is 0 Å². The molecule has 0 radical (unpaired) electrons. The summed E-state index contributed by atoms with van der Waals surface area (Å²) in [6.07, 6.45) is 1.54. The Labute approximate surface area is 136 Å². The molecule has 0 bridgehead atoms. The number of carbonyl (C=O) groups excluding carboxylic acids is 1. The summed E-state index contributed by atoms with van der Waals surface area (Å²) in [4.78, 5) is 16.4. The Morgan fingerprint density at radius 1 is 1.55 bits per heavy atom. The molecule has 1 fully saturated rings. The lowest BCUT2D eigenvalue weighted by Gasteiger charge is -2.23. The van der Waals surface area contributed by atoms with Gasteiger partial charge in [-0.3, -0.25) is 4.79 Å². The van der Waals surface area contributed by atoms with Crippen molar-refractivity contribution >= 4 is 17.5 Å². The van der Waals surface area contributed by atoms with E-state index in [1.165, 1.54) is 6.07 Å². The zero-order valence-corrected chi connectivity index (χ0v) is 13.9. The Balaban J connectivity index is 1.74. The van der Waals surface area contributed by atoms with Crippen LogP contribution in [-0.4, -0.2) is 55.5 Å². The van der Waals surface area contributed by atoms with Crippen LogP contribution in [0.1, 0.15) is 18.4 Å². The van der Waals surface area contributed by atoms with Gasteiger partial charge in [-0.05, 0) is 39.2 Å². The molecule has 1 amide bonds. The fourth-order valence-electron chi connectivity index (χ4n) is 2.71. The number of benzene rings is 1. The van der Waals surface area contributed by atoms with E-state index in [1.807, 2.05) is 7.05 Å². The highest BCUT2D eigenvalue weighted by molar-refractivity contribution is 6.31. The molecule has 22 heavy (non-hydrogen) atoms. The first-order chi connectivity index (χ1) is 10.5. The van der Waals surface area contributed by atoms with Gasteiger partial charge in [0.15, 0.2) is 0 Å². The second-order valence-corrected chi connectivity index (χ2v) is 6.32. The van der Waals surface area contributed by atoms with Crippen LogP contribution in [0.2, 0.25) is 5.02 Å². The van der Waals surface area contributed by atoms with E-state index in [1.54, 1.807) is 12.1 Å². The lowest BCUT2D eigenvalue weighted by Crippen LogP contribution is -2.36. The highest BCUT2D eigenvalue weighted by Crippen LogP contribution is 2.18. The molecular formula is C16H23ClFN3O. The molecule has 1 heterocycles. The summed E-state index contributed by atoms with van der Waals surface area (Å²) in [6.45, 7) is 2.98. The average Bonchev–Trinajstić information content (AvgIpc) is 2.91. The first kappa shape index (κ1) is 17.2. The van der Waals surface area contributed by atoms with Crippen molar-refractivity contribution in [1.82, 2.24) is 15.1 Å².